The van der Waals surface area contributed by atoms with Crippen molar-refractivity contribution in [3.63, 3.8) is 0 Å². The fourth-order valence-corrected chi connectivity index (χ4v) is 4.33. The number of piperazine rings is 1. The Hall–Kier alpha value is -1.39. The molecule has 22 heavy (non-hydrogen) atoms. The molecule has 2 unspecified atom stereocenters. The molecule has 1 saturated carbocycles. The summed E-state index contributed by atoms with van der Waals surface area (Å²) in [5, 5.41) is 6.53. The first kappa shape index (κ1) is 14.2. The molecule has 118 valence electrons. The van der Waals surface area contributed by atoms with Crippen LogP contribution in [0.2, 0.25) is 0 Å². The lowest BCUT2D eigenvalue weighted by Gasteiger charge is -2.27. The fourth-order valence-electron chi connectivity index (χ4n) is 4.33. The van der Waals surface area contributed by atoms with Gasteiger partial charge in [0.2, 0.25) is 5.91 Å². The SMILES string of the molecule is O=C(NCCN1CCNCC1)C1CC12CCc1ccccc12. The number of rotatable bonds is 4. The summed E-state index contributed by atoms with van der Waals surface area (Å²) in [6.07, 6.45) is 3.34. The number of hydrogen-bond acceptors (Lipinski definition) is 3. The van der Waals surface area contributed by atoms with Gasteiger partial charge in [0, 0.05) is 50.6 Å². The predicted molar refractivity (Wildman–Crippen MR) is 86.9 cm³/mol. The summed E-state index contributed by atoms with van der Waals surface area (Å²) < 4.78 is 0. The zero-order valence-electron chi connectivity index (χ0n) is 13.1. The van der Waals surface area contributed by atoms with Gasteiger partial charge in [-0.15, -0.1) is 0 Å². The van der Waals surface area contributed by atoms with Crippen LogP contribution < -0.4 is 10.6 Å². The lowest BCUT2D eigenvalue weighted by atomic mass is 9.95. The van der Waals surface area contributed by atoms with Gasteiger partial charge in [-0.3, -0.25) is 9.69 Å². The molecule has 1 aromatic rings. The molecule has 1 aliphatic heterocycles. The third-order valence-electron chi connectivity index (χ3n) is 5.72. The Labute approximate surface area is 132 Å². The number of nitrogens with one attached hydrogen (secondary N) is 2. The Kier molecular flexibility index (Phi) is 3.66. The molecular formula is C18H25N3O. The van der Waals surface area contributed by atoms with Crippen LogP contribution in [0.1, 0.15) is 24.0 Å². The quantitative estimate of drug-likeness (QED) is 0.869. The molecule has 2 atom stereocenters. The first-order valence-corrected chi connectivity index (χ1v) is 8.59. The Bertz CT molecular complexity index is 567. The van der Waals surface area contributed by atoms with E-state index in [2.05, 4.69) is 39.8 Å². The van der Waals surface area contributed by atoms with Crippen LogP contribution in [-0.2, 0) is 16.6 Å². The number of amides is 1. The summed E-state index contributed by atoms with van der Waals surface area (Å²) in [5.41, 5.74) is 3.08. The molecule has 2 aliphatic carbocycles. The van der Waals surface area contributed by atoms with Crippen LogP contribution in [0.15, 0.2) is 24.3 Å². The van der Waals surface area contributed by atoms with Gasteiger partial charge in [-0.05, 0) is 30.4 Å². The molecule has 1 saturated heterocycles. The zero-order valence-corrected chi connectivity index (χ0v) is 13.1. The average molecular weight is 299 g/mol. The van der Waals surface area contributed by atoms with E-state index in [1.54, 1.807) is 0 Å². The maximum absolute atomic E-state index is 12.5. The molecule has 0 bridgehead atoms. The van der Waals surface area contributed by atoms with E-state index >= 15 is 0 Å². The normalized spacial score (nSPS) is 30.3. The second-order valence-corrected chi connectivity index (χ2v) is 6.95. The lowest BCUT2D eigenvalue weighted by molar-refractivity contribution is -0.122. The van der Waals surface area contributed by atoms with Crippen LogP contribution in [0.3, 0.4) is 0 Å². The summed E-state index contributed by atoms with van der Waals surface area (Å²) in [6.45, 7) is 6.08. The molecule has 1 heterocycles. The van der Waals surface area contributed by atoms with Gasteiger partial charge < -0.3 is 10.6 Å². The van der Waals surface area contributed by atoms with Gasteiger partial charge in [-0.1, -0.05) is 24.3 Å². The number of carbonyl (C=O) groups is 1. The summed E-state index contributed by atoms with van der Waals surface area (Å²) in [4.78, 5) is 14.9. The third kappa shape index (κ3) is 2.44. The number of benzene rings is 1. The molecule has 4 nitrogen and oxygen atoms in total. The largest absolute Gasteiger partial charge is 0.355 e. The van der Waals surface area contributed by atoms with Crippen LogP contribution in [0.25, 0.3) is 0 Å². The van der Waals surface area contributed by atoms with Crippen molar-refractivity contribution < 1.29 is 4.79 Å². The van der Waals surface area contributed by atoms with Gasteiger partial charge in [-0.2, -0.15) is 0 Å². The molecule has 2 fully saturated rings. The number of carbonyl (C=O) groups excluding carboxylic acids is 1. The van der Waals surface area contributed by atoms with Crippen molar-refractivity contribution in [2.75, 3.05) is 39.3 Å². The van der Waals surface area contributed by atoms with Crippen molar-refractivity contribution in [3.05, 3.63) is 35.4 Å². The number of aryl methyl sites for hydroxylation is 1. The van der Waals surface area contributed by atoms with E-state index in [-0.39, 0.29) is 17.2 Å². The standard InChI is InChI=1S/C18H25N3O/c22-17(20-9-12-21-10-7-19-8-11-21)16-13-18(16)6-5-14-3-1-2-4-15(14)18/h1-4,16,19H,5-13H2,(H,20,22). The number of hydrogen-bond donors (Lipinski definition) is 2. The topological polar surface area (TPSA) is 44.4 Å². The molecule has 4 rings (SSSR count). The van der Waals surface area contributed by atoms with E-state index in [0.717, 1.165) is 58.5 Å². The fraction of sp³-hybridized carbons (Fsp3) is 0.611. The minimum Gasteiger partial charge on any atom is -0.355 e. The van der Waals surface area contributed by atoms with Crippen molar-refractivity contribution in [2.45, 2.75) is 24.7 Å². The van der Waals surface area contributed by atoms with Crippen molar-refractivity contribution in [1.29, 1.82) is 0 Å². The Morgan fingerprint density at radius 2 is 2.14 bits per heavy atom. The monoisotopic (exact) mass is 299 g/mol. The lowest BCUT2D eigenvalue weighted by Crippen LogP contribution is -2.46. The minimum absolute atomic E-state index is 0.176. The smallest absolute Gasteiger partial charge is 0.224 e. The second-order valence-electron chi connectivity index (χ2n) is 6.95. The molecule has 0 aromatic heterocycles. The molecule has 4 heteroatoms. The van der Waals surface area contributed by atoms with Gasteiger partial charge in [0.05, 0.1) is 0 Å². The minimum atomic E-state index is 0.176. The first-order chi connectivity index (χ1) is 10.8. The highest BCUT2D eigenvalue weighted by atomic mass is 16.2. The van der Waals surface area contributed by atoms with Gasteiger partial charge in [0.25, 0.3) is 0 Å². The zero-order chi connectivity index (χ0) is 15.0. The van der Waals surface area contributed by atoms with Gasteiger partial charge in [-0.25, -0.2) is 0 Å². The molecule has 2 N–H and O–H groups in total. The highest BCUT2D eigenvalue weighted by molar-refractivity contribution is 5.85. The van der Waals surface area contributed by atoms with Crippen molar-refractivity contribution in [1.82, 2.24) is 15.5 Å². The van der Waals surface area contributed by atoms with E-state index in [4.69, 9.17) is 0 Å². The molecule has 1 spiro atoms. The third-order valence-corrected chi connectivity index (χ3v) is 5.72. The highest BCUT2D eigenvalue weighted by Crippen LogP contribution is 2.61. The Morgan fingerprint density at radius 1 is 1.32 bits per heavy atom. The molecule has 0 radical (unpaired) electrons. The summed E-state index contributed by atoms with van der Waals surface area (Å²) >= 11 is 0. The maximum Gasteiger partial charge on any atom is 0.224 e. The first-order valence-electron chi connectivity index (χ1n) is 8.59. The maximum atomic E-state index is 12.5. The van der Waals surface area contributed by atoms with Crippen LogP contribution in [0.4, 0.5) is 0 Å². The summed E-state index contributed by atoms with van der Waals surface area (Å²) in [6, 6.07) is 8.68. The summed E-state index contributed by atoms with van der Waals surface area (Å²) in [5.74, 6) is 0.478. The van der Waals surface area contributed by atoms with Crippen molar-refractivity contribution in [3.8, 4) is 0 Å². The average Bonchev–Trinajstić information content (AvgIpc) is 3.18. The van der Waals surface area contributed by atoms with E-state index in [9.17, 15) is 4.79 Å². The van der Waals surface area contributed by atoms with Gasteiger partial charge >= 0.3 is 0 Å². The van der Waals surface area contributed by atoms with Gasteiger partial charge in [0.1, 0.15) is 0 Å². The molecular weight excluding hydrogens is 274 g/mol. The highest BCUT2D eigenvalue weighted by Gasteiger charge is 2.61. The van der Waals surface area contributed by atoms with Crippen LogP contribution >= 0.6 is 0 Å². The van der Waals surface area contributed by atoms with E-state index < -0.39 is 0 Å². The van der Waals surface area contributed by atoms with E-state index in [0.29, 0.717) is 0 Å². The van der Waals surface area contributed by atoms with E-state index in [1.165, 1.54) is 11.1 Å². The molecule has 3 aliphatic rings. The molecule has 1 aromatic carbocycles. The number of nitrogens with zero attached hydrogens (tertiary/aromatic N) is 1. The predicted octanol–water partition coefficient (Wildman–Crippen LogP) is 0.912. The summed E-state index contributed by atoms with van der Waals surface area (Å²) in [7, 11) is 0. The van der Waals surface area contributed by atoms with Crippen LogP contribution in [0, 0.1) is 5.92 Å². The van der Waals surface area contributed by atoms with Crippen LogP contribution in [0.5, 0.6) is 0 Å². The molecule has 1 amide bonds. The number of fused-ring (bicyclic) bond motifs is 2. The van der Waals surface area contributed by atoms with Crippen molar-refractivity contribution >= 4 is 5.91 Å². The Morgan fingerprint density at radius 3 is 3.00 bits per heavy atom. The van der Waals surface area contributed by atoms with Gasteiger partial charge in [0.15, 0.2) is 0 Å². The van der Waals surface area contributed by atoms with Crippen LogP contribution in [-0.4, -0.2) is 50.1 Å². The van der Waals surface area contributed by atoms with E-state index in [1.807, 2.05) is 0 Å². The van der Waals surface area contributed by atoms with Crippen molar-refractivity contribution in [2.24, 2.45) is 5.92 Å². The Balaban J connectivity index is 1.30. The second kappa shape index (κ2) is 5.67.